The summed E-state index contributed by atoms with van der Waals surface area (Å²) in [7, 11) is 0. The molecule has 2 heterocycles. The van der Waals surface area contributed by atoms with Gasteiger partial charge in [-0.15, -0.1) is 11.3 Å². The maximum absolute atomic E-state index is 3.51. The molecule has 1 aromatic heterocycles. The summed E-state index contributed by atoms with van der Waals surface area (Å²) in [6.45, 7) is 10.4. The summed E-state index contributed by atoms with van der Waals surface area (Å²) in [6.07, 6.45) is 8.27. The molecule has 0 amide bonds. The quantitative estimate of drug-likeness (QED) is 0.786. The van der Waals surface area contributed by atoms with Gasteiger partial charge in [-0.05, 0) is 57.5 Å². The number of nitrogens with zero attached hydrogens (tertiary/aromatic N) is 1. The van der Waals surface area contributed by atoms with E-state index in [1.165, 1.54) is 61.4 Å². The lowest BCUT2D eigenvalue weighted by atomic mass is 10.1. The Balaban J connectivity index is 1.87. The average Bonchev–Trinajstić information content (AvgIpc) is 2.73. The van der Waals surface area contributed by atoms with Crippen LogP contribution in [-0.4, -0.2) is 24.5 Å². The summed E-state index contributed by atoms with van der Waals surface area (Å²) in [5.41, 5.74) is 1.56. The van der Waals surface area contributed by atoms with E-state index in [2.05, 4.69) is 30.1 Å². The fourth-order valence-electron chi connectivity index (χ4n) is 2.93. The Morgan fingerprint density at radius 2 is 1.85 bits per heavy atom. The van der Waals surface area contributed by atoms with Crippen molar-refractivity contribution in [3.05, 3.63) is 21.4 Å². The van der Waals surface area contributed by atoms with Crippen LogP contribution in [0.2, 0.25) is 0 Å². The molecule has 114 valence electrons. The zero-order chi connectivity index (χ0) is 14.2. The Morgan fingerprint density at radius 1 is 1.15 bits per heavy atom. The Bertz CT molecular complexity index is 378. The highest BCUT2D eigenvalue weighted by Gasteiger charge is 2.12. The molecular weight excluding hydrogens is 264 g/mol. The number of rotatable bonds is 6. The van der Waals surface area contributed by atoms with Gasteiger partial charge in [-0.2, -0.15) is 0 Å². The molecule has 0 radical (unpaired) electrons. The van der Waals surface area contributed by atoms with Gasteiger partial charge < -0.3 is 5.32 Å². The van der Waals surface area contributed by atoms with Crippen LogP contribution < -0.4 is 5.32 Å². The Hall–Kier alpha value is -0.380. The fourth-order valence-corrected chi connectivity index (χ4v) is 3.96. The first-order chi connectivity index (χ1) is 9.79. The molecule has 0 atom stereocenters. The molecule has 20 heavy (non-hydrogen) atoms. The van der Waals surface area contributed by atoms with Crippen molar-refractivity contribution in [3.63, 3.8) is 0 Å². The largest absolute Gasteiger partial charge is 0.312 e. The Labute approximate surface area is 128 Å². The lowest BCUT2D eigenvalue weighted by Crippen LogP contribution is -2.26. The maximum atomic E-state index is 3.51. The van der Waals surface area contributed by atoms with Gasteiger partial charge in [0.1, 0.15) is 0 Å². The van der Waals surface area contributed by atoms with Gasteiger partial charge in [0.2, 0.25) is 0 Å². The minimum absolute atomic E-state index is 1.04. The van der Waals surface area contributed by atoms with Crippen LogP contribution >= 0.6 is 11.3 Å². The summed E-state index contributed by atoms with van der Waals surface area (Å²) in [6, 6.07) is 2.43. The van der Waals surface area contributed by atoms with E-state index >= 15 is 0 Å². The zero-order valence-electron chi connectivity index (χ0n) is 13.2. The van der Waals surface area contributed by atoms with Crippen LogP contribution in [0.4, 0.5) is 0 Å². The zero-order valence-corrected chi connectivity index (χ0v) is 14.0. The van der Waals surface area contributed by atoms with E-state index < -0.39 is 0 Å². The van der Waals surface area contributed by atoms with Crippen molar-refractivity contribution in [2.75, 3.05) is 19.6 Å². The van der Waals surface area contributed by atoms with Crippen molar-refractivity contribution in [1.29, 1.82) is 0 Å². The number of aryl methyl sites for hydroxylation is 1. The maximum Gasteiger partial charge on any atom is 0.0299 e. The highest BCUT2D eigenvalue weighted by atomic mass is 32.1. The van der Waals surface area contributed by atoms with Crippen LogP contribution in [0.5, 0.6) is 0 Å². The minimum Gasteiger partial charge on any atom is -0.312 e. The molecular formula is C17H30N2S. The minimum atomic E-state index is 1.04. The van der Waals surface area contributed by atoms with Crippen LogP contribution in [-0.2, 0) is 13.1 Å². The van der Waals surface area contributed by atoms with Gasteiger partial charge in [0.25, 0.3) is 0 Å². The monoisotopic (exact) mass is 294 g/mol. The van der Waals surface area contributed by atoms with Crippen LogP contribution in [0, 0.1) is 6.92 Å². The third-order valence-corrected chi connectivity index (χ3v) is 5.23. The predicted octanol–water partition coefficient (Wildman–Crippen LogP) is 4.32. The molecule has 0 aromatic carbocycles. The van der Waals surface area contributed by atoms with Gasteiger partial charge in [0, 0.05) is 22.8 Å². The van der Waals surface area contributed by atoms with Crippen molar-refractivity contribution < 1.29 is 0 Å². The van der Waals surface area contributed by atoms with Gasteiger partial charge >= 0.3 is 0 Å². The van der Waals surface area contributed by atoms with Crippen molar-refractivity contribution in [1.82, 2.24) is 10.2 Å². The summed E-state index contributed by atoms with van der Waals surface area (Å²) >= 11 is 1.97. The normalized spacial score (nSPS) is 17.9. The molecule has 2 rings (SSSR count). The van der Waals surface area contributed by atoms with Crippen LogP contribution in [0.3, 0.4) is 0 Å². The van der Waals surface area contributed by atoms with E-state index in [0.29, 0.717) is 0 Å². The lowest BCUT2D eigenvalue weighted by molar-refractivity contribution is 0.239. The number of hydrogen-bond acceptors (Lipinski definition) is 3. The van der Waals surface area contributed by atoms with Crippen molar-refractivity contribution in [2.24, 2.45) is 0 Å². The number of likely N-dealkylation sites (tertiary alicyclic amines) is 1. The number of thiophene rings is 1. The van der Waals surface area contributed by atoms with Gasteiger partial charge in [-0.3, -0.25) is 4.90 Å². The smallest absolute Gasteiger partial charge is 0.0299 e. The molecule has 3 heteroatoms. The molecule has 0 aliphatic carbocycles. The Kier molecular flexibility index (Phi) is 7.05. The molecule has 0 unspecified atom stereocenters. The topological polar surface area (TPSA) is 15.3 Å². The third-order valence-electron chi connectivity index (χ3n) is 4.14. The number of hydrogen-bond donors (Lipinski definition) is 1. The first-order valence-corrected chi connectivity index (χ1v) is 9.12. The summed E-state index contributed by atoms with van der Waals surface area (Å²) in [4.78, 5) is 5.68. The van der Waals surface area contributed by atoms with E-state index in [1.54, 1.807) is 5.56 Å². The Morgan fingerprint density at radius 3 is 2.55 bits per heavy atom. The number of nitrogens with one attached hydrogen (secondary N) is 1. The second-order valence-electron chi connectivity index (χ2n) is 6.01. The summed E-state index contributed by atoms with van der Waals surface area (Å²) in [5, 5.41) is 3.51. The molecule has 0 spiro atoms. The summed E-state index contributed by atoms with van der Waals surface area (Å²) in [5.74, 6) is 0. The van der Waals surface area contributed by atoms with Crippen molar-refractivity contribution >= 4 is 11.3 Å². The van der Waals surface area contributed by atoms with Gasteiger partial charge in [0.15, 0.2) is 0 Å². The second kappa shape index (κ2) is 8.81. The van der Waals surface area contributed by atoms with Crippen molar-refractivity contribution in [2.45, 2.75) is 65.5 Å². The highest BCUT2D eigenvalue weighted by Crippen LogP contribution is 2.24. The van der Waals surface area contributed by atoms with Gasteiger partial charge in [0.05, 0.1) is 0 Å². The summed E-state index contributed by atoms with van der Waals surface area (Å²) < 4.78 is 0. The molecule has 1 saturated heterocycles. The van der Waals surface area contributed by atoms with Crippen LogP contribution in [0.15, 0.2) is 6.07 Å². The predicted molar refractivity (Wildman–Crippen MR) is 89.4 cm³/mol. The van der Waals surface area contributed by atoms with Gasteiger partial charge in [-0.1, -0.05) is 26.2 Å². The fraction of sp³-hybridized carbons (Fsp3) is 0.765. The van der Waals surface area contributed by atoms with Crippen LogP contribution in [0.25, 0.3) is 0 Å². The molecule has 0 bridgehead atoms. The van der Waals surface area contributed by atoms with Gasteiger partial charge in [-0.25, -0.2) is 0 Å². The second-order valence-corrected chi connectivity index (χ2v) is 7.36. The average molecular weight is 295 g/mol. The standard InChI is InChI=1S/C17H30N2S/c1-3-9-18-13-17-12-16(15(2)20-17)14-19-10-7-5-4-6-8-11-19/h12,18H,3-11,13-14H2,1-2H3. The van der Waals surface area contributed by atoms with Crippen LogP contribution in [0.1, 0.15) is 60.8 Å². The SMILES string of the molecule is CCCNCc1cc(CN2CCCCCCC2)c(C)s1. The highest BCUT2D eigenvalue weighted by molar-refractivity contribution is 7.12. The molecule has 1 aromatic rings. The van der Waals surface area contributed by atoms with E-state index in [4.69, 9.17) is 0 Å². The molecule has 2 nitrogen and oxygen atoms in total. The van der Waals surface area contributed by atoms with E-state index in [1.807, 2.05) is 11.3 Å². The molecule has 1 fully saturated rings. The third kappa shape index (κ3) is 5.19. The molecule has 1 aliphatic heterocycles. The molecule has 0 saturated carbocycles. The first kappa shape index (κ1) is 16.0. The van der Waals surface area contributed by atoms with E-state index in [9.17, 15) is 0 Å². The lowest BCUT2D eigenvalue weighted by Gasteiger charge is -2.24. The molecule has 1 aliphatic rings. The first-order valence-electron chi connectivity index (χ1n) is 8.31. The van der Waals surface area contributed by atoms with E-state index in [-0.39, 0.29) is 0 Å². The molecule has 1 N–H and O–H groups in total. The van der Waals surface area contributed by atoms with Crippen molar-refractivity contribution in [3.8, 4) is 0 Å². The van der Waals surface area contributed by atoms with E-state index in [0.717, 1.165) is 19.6 Å².